The van der Waals surface area contributed by atoms with Gasteiger partial charge in [0.1, 0.15) is 0 Å². The first kappa shape index (κ1) is 14.5. The molecule has 0 aliphatic rings. The molecule has 1 atom stereocenters. The van der Waals surface area contributed by atoms with Crippen LogP contribution in [0.15, 0.2) is 48.7 Å². The third kappa shape index (κ3) is 3.11. The number of benzene rings is 1. The standard InChI is InChI=1S/C16H13N5O2/c1-11(15(22)18-13-6-4-5-12(9-13)10-17)23-16-20-19-14-7-2-3-8-21(14)16/h2-9,11H,1H3,(H,18,22)/t11-/m0/s1. The molecule has 0 spiro atoms. The van der Waals surface area contributed by atoms with Crippen molar-refractivity contribution in [3.05, 3.63) is 54.2 Å². The van der Waals surface area contributed by atoms with E-state index in [1.165, 1.54) is 0 Å². The summed E-state index contributed by atoms with van der Waals surface area (Å²) >= 11 is 0. The highest BCUT2D eigenvalue weighted by Crippen LogP contribution is 2.14. The first-order valence-corrected chi connectivity index (χ1v) is 6.95. The third-order valence-electron chi connectivity index (χ3n) is 3.19. The van der Waals surface area contributed by atoms with Crippen molar-refractivity contribution in [1.82, 2.24) is 14.6 Å². The molecule has 1 aromatic carbocycles. The summed E-state index contributed by atoms with van der Waals surface area (Å²) in [7, 11) is 0. The molecule has 2 heterocycles. The fraction of sp³-hybridized carbons (Fsp3) is 0.125. The predicted molar refractivity (Wildman–Crippen MR) is 82.9 cm³/mol. The van der Waals surface area contributed by atoms with Gasteiger partial charge in [0.2, 0.25) is 0 Å². The van der Waals surface area contributed by atoms with E-state index in [-0.39, 0.29) is 11.9 Å². The van der Waals surface area contributed by atoms with E-state index in [0.29, 0.717) is 16.9 Å². The molecule has 0 radical (unpaired) electrons. The Labute approximate surface area is 132 Å². The van der Waals surface area contributed by atoms with Crippen LogP contribution in [0, 0.1) is 11.3 Å². The summed E-state index contributed by atoms with van der Waals surface area (Å²) in [6.07, 6.45) is 0.986. The fourth-order valence-electron chi connectivity index (χ4n) is 2.02. The van der Waals surface area contributed by atoms with E-state index in [4.69, 9.17) is 10.00 Å². The van der Waals surface area contributed by atoms with Crippen molar-refractivity contribution in [2.75, 3.05) is 5.32 Å². The summed E-state index contributed by atoms with van der Waals surface area (Å²) in [4.78, 5) is 12.2. The van der Waals surface area contributed by atoms with Crippen LogP contribution in [0.2, 0.25) is 0 Å². The highest BCUT2D eigenvalue weighted by Gasteiger charge is 2.18. The Morgan fingerprint density at radius 2 is 2.17 bits per heavy atom. The zero-order valence-corrected chi connectivity index (χ0v) is 12.3. The van der Waals surface area contributed by atoms with Gasteiger partial charge in [-0.25, -0.2) is 0 Å². The van der Waals surface area contributed by atoms with Gasteiger partial charge in [0.15, 0.2) is 11.8 Å². The van der Waals surface area contributed by atoms with E-state index in [0.717, 1.165) is 0 Å². The molecule has 2 aromatic heterocycles. The number of nitrogens with zero attached hydrogens (tertiary/aromatic N) is 4. The number of aromatic nitrogens is 3. The fourth-order valence-corrected chi connectivity index (χ4v) is 2.02. The van der Waals surface area contributed by atoms with Gasteiger partial charge in [-0.15, -0.1) is 5.10 Å². The molecule has 0 bridgehead atoms. The molecule has 3 aromatic rings. The van der Waals surface area contributed by atoms with Gasteiger partial charge in [-0.2, -0.15) is 5.26 Å². The van der Waals surface area contributed by atoms with Crippen LogP contribution >= 0.6 is 0 Å². The van der Waals surface area contributed by atoms with Gasteiger partial charge in [0.25, 0.3) is 5.91 Å². The summed E-state index contributed by atoms with van der Waals surface area (Å²) in [6.45, 7) is 1.62. The predicted octanol–water partition coefficient (Wildman–Crippen LogP) is 2.01. The highest BCUT2D eigenvalue weighted by atomic mass is 16.5. The first-order chi connectivity index (χ1) is 11.2. The average Bonchev–Trinajstić information content (AvgIpc) is 2.98. The molecule has 1 N–H and O–H groups in total. The van der Waals surface area contributed by atoms with Crippen LogP contribution in [0.3, 0.4) is 0 Å². The van der Waals surface area contributed by atoms with Gasteiger partial charge < -0.3 is 10.1 Å². The van der Waals surface area contributed by atoms with Crippen molar-refractivity contribution in [2.45, 2.75) is 13.0 Å². The second-order valence-corrected chi connectivity index (χ2v) is 4.85. The van der Waals surface area contributed by atoms with Gasteiger partial charge in [0.05, 0.1) is 11.6 Å². The monoisotopic (exact) mass is 307 g/mol. The van der Waals surface area contributed by atoms with E-state index in [1.54, 1.807) is 47.9 Å². The van der Waals surface area contributed by atoms with Gasteiger partial charge in [-0.05, 0) is 37.3 Å². The molecule has 1 amide bonds. The number of fused-ring (bicyclic) bond motifs is 1. The maximum atomic E-state index is 12.2. The minimum Gasteiger partial charge on any atom is -0.450 e. The van der Waals surface area contributed by atoms with Gasteiger partial charge in [-0.1, -0.05) is 17.2 Å². The van der Waals surface area contributed by atoms with Crippen LogP contribution in [0.1, 0.15) is 12.5 Å². The quantitative estimate of drug-likeness (QED) is 0.796. The minimum atomic E-state index is -0.770. The molecule has 0 saturated carbocycles. The number of carbonyl (C=O) groups is 1. The second-order valence-electron chi connectivity index (χ2n) is 4.85. The summed E-state index contributed by atoms with van der Waals surface area (Å²) in [5.41, 5.74) is 1.65. The zero-order chi connectivity index (χ0) is 16.2. The molecule has 114 valence electrons. The van der Waals surface area contributed by atoms with Crippen LogP contribution in [0.4, 0.5) is 5.69 Å². The highest BCUT2D eigenvalue weighted by molar-refractivity contribution is 5.94. The molecule has 7 heteroatoms. The van der Waals surface area contributed by atoms with Crippen molar-refractivity contribution in [3.8, 4) is 12.1 Å². The molecule has 3 rings (SSSR count). The van der Waals surface area contributed by atoms with Crippen molar-refractivity contribution < 1.29 is 9.53 Å². The van der Waals surface area contributed by atoms with Crippen LogP contribution in [0.5, 0.6) is 6.01 Å². The Kier molecular flexibility index (Phi) is 3.89. The molecule has 0 aliphatic carbocycles. The number of nitriles is 1. The number of hydrogen-bond acceptors (Lipinski definition) is 5. The topological polar surface area (TPSA) is 92.3 Å². The van der Waals surface area contributed by atoms with Crippen molar-refractivity contribution in [2.24, 2.45) is 0 Å². The van der Waals surface area contributed by atoms with Crippen LogP contribution in [-0.2, 0) is 4.79 Å². The lowest BCUT2D eigenvalue weighted by molar-refractivity contribution is -0.122. The number of carbonyl (C=O) groups excluding carboxylic acids is 1. The second kappa shape index (κ2) is 6.15. The molecular weight excluding hydrogens is 294 g/mol. The van der Waals surface area contributed by atoms with E-state index in [2.05, 4.69) is 15.5 Å². The normalized spacial score (nSPS) is 11.7. The van der Waals surface area contributed by atoms with Gasteiger partial charge in [-0.3, -0.25) is 9.20 Å². The largest absolute Gasteiger partial charge is 0.450 e. The van der Waals surface area contributed by atoms with Crippen molar-refractivity contribution >= 4 is 17.2 Å². The Balaban J connectivity index is 1.71. The lowest BCUT2D eigenvalue weighted by atomic mass is 10.2. The summed E-state index contributed by atoms with van der Waals surface area (Å²) in [5.74, 6) is -0.340. The number of hydrogen-bond donors (Lipinski definition) is 1. The average molecular weight is 307 g/mol. The minimum absolute atomic E-state index is 0.244. The number of amides is 1. The van der Waals surface area contributed by atoms with Crippen molar-refractivity contribution in [1.29, 1.82) is 5.26 Å². The molecule has 0 unspecified atom stereocenters. The van der Waals surface area contributed by atoms with Crippen LogP contribution in [-0.4, -0.2) is 26.6 Å². The number of rotatable bonds is 4. The molecule has 23 heavy (non-hydrogen) atoms. The van der Waals surface area contributed by atoms with Gasteiger partial charge >= 0.3 is 6.01 Å². The van der Waals surface area contributed by atoms with Crippen molar-refractivity contribution in [3.63, 3.8) is 0 Å². The number of ether oxygens (including phenoxy) is 1. The van der Waals surface area contributed by atoms with Gasteiger partial charge in [0, 0.05) is 11.9 Å². The van der Waals surface area contributed by atoms with Crippen LogP contribution < -0.4 is 10.1 Å². The SMILES string of the molecule is C[C@H](Oc1nnc2ccccn12)C(=O)Nc1cccc(C#N)c1. The Morgan fingerprint density at radius 1 is 1.30 bits per heavy atom. The van der Waals surface area contributed by atoms with E-state index in [1.807, 2.05) is 18.2 Å². The van der Waals surface area contributed by atoms with E-state index < -0.39 is 6.10 Å². The first-order valence-electron chi connectivity index (χ1n) is 6.95. The maximum Gasteiger partial charge on any atom is 0.322 e. The molecule has 7 nitrogen and oxygen atoms in total. The molecule has 0 aliphatic heterocycles. The van der Waals surface area contributed by atoms with E-state index in [9.17, 15) is 4.79 Å². The Bertz CT molecular complexity index is 897. The van der Waals surface area contributed by atoms with Crippen LogP contribution in [0.25, 0.3) is 5.65 Å². The third-order valence-corrected chi connectivity index (χ3v) is 3.19. The lowest BCUT2D eigenvalue weighted by Gasteiger charge is -2.13. The Morgan fingerprint density at radius 3 is 3.00 bits per heavy atom. The Hall–Kier alpha value is -3.40. The number of anilines is 1. The number of nitrogens with one attached hydrogen (secondary N) is 1. The summed E-state index contributed by atoms with van der Waals surface area (Å²) in [6, 6.07) is 14.4. The summed E-state index contributed by atoms with van der Waals surface area (Å²) in [5, 5.41) is 19.5. The molecule has 0 fully saturated rings. The summed E-state index contributed by atoms with van der Waals surface area (Å²) < 4.78 is 7.22. The maximum absolute atomic E-state index is 12.2. The van der Waals surface area contributed by atoms with E-state index >= 15 is 0 Å². The molecular formula is C16H13N5O2. The zero-order valence-electron chi connectivity index (χ0n) is 12.3. The lowest BCUT2D eigenvalue weighted by Crippen LogP contribution is -2.30. The smallest absolute Gasteiger partial charge is 0.322 e. The number of pyridine rings is 1. The molecule has 0 saturated heterocycles.